The zero-order valence-corrected chi connectivity index (χ0v) is 10.7. The van der Waals surface area contributed by atoms with Crippen LogP contribution in [-0.4, -0.2) is 16.4 Å². The van der Waals surface area contributed by atoms with E-state index in [1.165, 1.54) is 0 Å². The maximum Gasteiger partial charge on any atom is 0.240 e. The molecule has 1 unspecified atom stereocenters. The molecule has 1 amide bonds. The van der Waals surface area contributed by atoms with Crippen molar-refractivity contribution >= 4 is 5.91 Å². The van der Waals surface area contributed by atoms with Crippen molar-refractivity contribution in [1.82, 2.24) is 10.3 Å². The minimum absolute atomic E-state index is 0.111. The summed E-state index contributed by atoms with van der Waals surface area (Å²) in [7, 11) is 0. The zero-order chi connectivity index (χ0) is 12.9. The van der Waals surface area contributed by atoms with Gasteiger partial charge in [-0.3, -0.25) is 9.78 Å². The summed E-state index contributed by atoms with van der Waals surface area (Å²) in [6.45, 7) is 5.76. The standard InChI is InChI=1S/C13H21N3O/c1-4-13(14,5-2)12(17)16-10(3)11-8-6-7-9-15-11/h6-10H,4-5,14H2,1-3H3,(H,16,17). The molecule has 1 heterocycles. The van der Waals surface area contributed by atoms with Crippen LogP contribution in [0.25, 0.3) is 0 Å². The van der Waals surface area contributed by atoms with Crippen molar-refractivity contribution < 1.29 is 4.79 Å². The van der Waals surface area contributed by atoms with Crippen LogP contribution in [-0.2, 0) is 4.79 Å². The highest BCUT2D eigenvalue weighted by atomic mass is 16.2. The number of rotatable bonds is 5. The normalized spacial score (nSPS) is 13.2. The molecule has 0 aliphatic heterocycles. The van der Waals surface area contributed by atoms with Crippen LogP contribution in [0.3, 0.4) is 0 Å². The lowest BCUT2D eigenvalue weighted by Crippen LogP contribution is -2.53. The molecule has 0 bridgehead atoms. The van der Waals surface area contributed by atoms with Gasteiger partial charge in [-0.05, 0) is 31.9 Å². The second kappa shape index (κ2) is 5.77. The number of hydrogen-bond acceptors (Lipinski definition) is 3. The highest BCUT2D eigenvalue weighted by molar-refractivity contribution is 5.86. The van der Waals surface area contributed by atoms with E-state index in [1.807, 2.05) is 39.0 Å². The van der Waals surface area contributed by atoms with Gasteiger partial charge in [0.25, 0.3) is 0 Å². The number of nitrogens with one attached hydrogen (secondary N) is 1. The predicted octanol–water partition coefficient (Wildman–Crippen LogP) is 1.78. The Hall–Kier alpha value is -1.42. The number of hydrogen-bond donors (Lipinski definition) is 2. The molecule has 4 heteroatoms. The Balaban J connectivity index is 2.69. The quantitative estimate of drug-likeness (QED) is 0.817. The van der Waals surface area contributed by atoms with Gasteiger partial charge in [0.2, 0.25) is 5.91 Å². The third-order valence-corrected chi connectivity index (χ3v) is 3.19. The predicted molar refractivity (Wildman–Crippen MR) is 68.3 cm³/mol. The summed E-state index contributed by atoms with van der Waals surface area (Å²) in [4.78, 5) is 16.3. The first-order valence-corrected chi connectivity index (χ1v) is 6.04. The Kier molecular flexibility index (Phi) is 4.63. The van der Waals surface area contributed by atoms with Crippen molar-refractivity contribution in [2.45, 2.75) is 45.2 Å². The van der Waals surface area contributed by atoms with Gasteiger partial charge in [0, 0.05) is 6.20 Å². The van der Waals surface area contributed by atoms with Crippen molar-refractivity contribution in [3.63, 3.8) is 0 Å². The lowest BCUT2D eigenvalue weighted by atomic mass is 9.93. The van der Waals surface area contributed by atoms with Crippen LogP contribution in [0.1, 0.15) is 45.3 Å². The summed E-state index contributed by atoms with van der Waals surface area (Å²) < 4.78 is 0. The summed E-state index contributed by atoms with van der Waals surface area (Å²) in [5.74, 6) is -0.111. The van der Waals surface area contributed by atoms with E-state index in [-0.39, 0.29) is 11.9 Å². The fraction of sp³-hybridized carbons (Fsp3) is 0.538. The number of pyridine rings is 1. The van der Waals surface area contributed by atoms with E-state index < -0.39 is 5.54 Å². The summed E-state index contributed by atoms with van der Waals surface area (Å²) in [5.41, 5.74) is 6.10. The van der Waals surface area contributed by atoms with Gasteiger partial charge >= 0.3 is 0 Å². The molecule has 0 aromatic carbocycles. The average Bonchev–Trinajstić information content (AvgIpc) is 2.38. The first-order valence-electron chi connectivity index (χ1n) is 6.04. The van der Waals surface area contributed by atoms with E-state index in [0.29, 0.717) is 12.8 Å². The minimum Gasteiger partial charge on any atom is -0.346 e. The molecule has 1 aromatic heterocycles. The Labute approximate surface area is 103 Å². The second-order valence-electron chi connectivity index (χ2n) is 4.31. The van der Waals surface area contributed by atoms with Crippen molar-refractivity contribution in [3.05, 3.63) is 30.1 Å². The van der Waals surface area contributed by atoms with E-state index >= 15 is 0 Å². The van der Waals surface area contributed by atoms with Crippen LogP contribution in [0.2, 0.25) is 0 Å². The number of aromatic nitrogens is 1. The Morgan fingerprint density at radius 3 is 2.59 bits per heavy atom. The summed E-state index contributed by atoms with van der Waals surface area (Å²) >= 11 is 0. The lowest BCUT2D eigenvalue weighted by molar-refractivity contribution is -0.127. The van der Waals surface area contributed by atoms with Gasteiger partial charge in [0.05, 0.1) is 17.3 Å². The molecule has 3 N–H and O–H groups in total. The van der Waals surface area contributed by atoms with Crippen LogP contribution < -0.4 is 11.1 Å². The summed E-state index contributed by atoms with van der Waals surface area (Å²) in [6.07, 6.45) is 2.97. The molecule has 1 aromatic rings. The SMILES string of the molecule is CCC(N)(CC)C(=O)NC(C)c1ccccn1. The lowest BCUT2D eigenvalue weighted by Gasteiger charge is -2.27. The van der Waals surface area contributed by atoms with Crippen LogP contribution in [0.4, 0.5) is 0 Å². The number of nitrogens with two attached hydrogens (primary N) is 1. The molecular weight excluding hydrogens is 214 g/mol. The highest BCUT2D eigenvalue weighted by Crippen LogP contribution is 2.15. The van der Waals surface area contributed by atoms with Gasteiger partial charge in [-0.15, -0.1) is 0 Å². The minimum atomic E-state index is -0.775. The first-order chi connectivity index (χ1) is 8.03. The van der Waals surface area contributed by atoms with Crippen molar-refractivity contribution in [2.75, 3.05) is 0 Å². The van der Waals surface area contributed by atoms with Gasteiger partial charge in [0.15, 0.2) is 0 Å². The molecular formula is C13H21N3O. The molecule has 0 fully saturated rings. The number of nitrogens with zero attached hydrogens (tertiary/aromatic N) is 1. The molecule has 94 valence electrons. The van der Waals surface area contributed by atoms with Gasteiger partial charge in [-0.25, -0.2) is 0 Å². The van der Waals surface area contributed by atoms with Crippen LogP contribution in [0, 0.1) is 0 Å². The summed E-state index contributed by atoms with van der Waals surface area (Å²) in [6, 6.07) is 5.52. The van der Waals surface area contributed by atoms with E-state index in [2.05, 4.69) is 10.3 Å². The third kappa shape index (κ3) is 3.27. The van der Waals surface area contributed by atoms with E-state index in [0.717, 1.165) is 5.69 Å². The smallest absolute Gasteiger partial charge is 0.240 e. The molecule has 0 saturated heterocycles. The molecule has 0 aliphatic rings. The Morgan fingerprint density at radius 1 is 1.47 bits per heavy atom. The molecule has 0 radical (unpaired) electrons. The molecule has 0 spiro atoms. The monoisotopic (exact) mass is 235 g/mol. The molecule has 17 heavy (non-hydrogen) atoms. The zero-order valence-electron chi connectivity index (χ0n) is 10.7. The molecule has 0 saturated carbocycles. The molecule has 1 rings (SSSR count). The maximum absolute atomic E-state index is 12.0. The maximum atomic E-state index is 12.0. The van der Waals surface area contributed by atoms with Gasteiger partial charge in [-0.2, -0.15) is 0 Å². The molecule has 0 aliphatic carbocycles. The van der Waals surface area contributed by atoms with Crippen molar-refractivity contribution in [2.24, 2.45) is 5.73 Å². The van der Waals surface area contributed by atoms with Gasteiger partial charge < -0.3 is 11.1 Å². The van der Waals surface area contributed by atoms with E-state index in [9.17, 15) is 4.79 Å². The largest absolute Gasteiger partial charge is 0.346 e. The van der Waals surface area contributed by atoms with Crippen molar-refractivity contribution in [3.8, 4) is 0 Å². The van der Waals surface area contributed by atoms with E-state index in [1.54, 1.807) is 6.20 Å². The third-order valence-electron chi connectivity index (χ3n) is 3.19. The highest BCUT2D eigenvalue weighted by Gasteiger charge is 2.30. The molecule has 4 nitrogen and oxygen atoms in total. The number of carbonyl (C=O) groups is 1. The fourth-order valence-electron chi connectivity index (χ4n) is 1.62. The average molecular weight is 235 g/mol. The Morgan fingerprint density at radius 2 is 2.12 bits per heavy atom. The first kappa shape index (κ1) is 13.6. The number of carbonyl (C=O) groups excluding carboxylic acids is 1. The van der Waals surface area contributed by atoms with Crippen molar-refractivity contribution in [1.29, 1.82) is 0 Å². The molecule has 1 atom stereocenters. The van der Waals surface area contributed by atoms with Crippen LogP contribution in [0.5, 0.6) is 0 Å². The Bertz CT molecular complexity index is 360. The second-order valence-corrected chi connectivity index (χ2v) is 4.31. The van der Waals surface area contributed by atoms with Gasteiger partial charge in [0.1, 0.15) is 0 Å². The number of amides is 1. The van der Waals surface area contributed by atoms with E-state index in [4.69, 9.17) is 5.73 Å². The fourth-order valence-corrected chi connectivity index (χ4v) is 1.62. The topological polar surface area (TPSA) is 68.0 Å². The van der Waals surface area contributed by atoms with Crippen LogP contribution >= 0.6 is 0 Å². The summed E-state index contributed by atoms with van der Waals surface area (Å²) in [5, 5.41) is 2.91. The van der Waals surface area contributed by atoms with Crippen LogP contribution in [0.15, 0.2) is 24.4 Å². The van der Waals surface area contributed by atoms with Gasteiger partial charge in [-0.1, -0.05) is 19.9 Å².